The molecule has 3 fully saturated rings. The standard InChI is InChI=1S/C17H33N3/c1-3-20(11-9-16-6-4-5-10-19(16)2)17-12-14-7-8-15(13-17)18-14/h14-18H,3-13H2,1-2H3. The fourth-order valence-electron chi connectivity index (χ4n) is 4.75. The van der Waals surface area contributed by atoms with E-state index in [9.17, 15) is 0 Å². The molecule has 0 spiro atoms. The number of hydrogen-bond acceptors (Lipinski definition) is 3. The first-order valence-corrected chi connectivity index (χ1v) is 8.96. The van der Waals surface area contributed by atoms with Crippen LogP contribution >= 0.6 is 0 Å². The lowest BCUT2D eigenvalue weighted by molar-refractivity contribution is 0.115. The van der Waals surface area contributed by atoms with Crippen molar-refractivity contribution in [2.75, 3.05) is 26.7 Å². The van der Waals surface area contributed by atoms with Gasteiger partial charge in [0.1, 0.15) is 0 Å². The fraction of sp³-hybridized carbons (Fsp3) is 1.00. The van der Waals surface area contributed by atoms with Crippen LogP contribution in [0.3, 0.4) is 0 Å². The molecular formula is C17H33N3. The van der Waals surface area contributed by atoms with Gasteiger partial charge in [0.2, 0.25) is 0 Å². The van der Waals surface area contributed by atoms with Gasteiger partial charge in [0.05, 0.1) is 0 Å². The summed E-state index contributed by atoms with van der Waals surface area (Å²) in [6.07, 6.45) is 11.3. The molecule has 1 N–H and O–H groups in total. The van der Waals surface area contributed by atoms with Crippen molar-refractivity contribution in [3.05, 3.63) is 0 Å². The van der Waals surface area contributed by atoms with Gasteiger partial charge in [-0.2, -0.15) is 0 Å². The maximum Gasteiger partial charge on any atom is 0.0125 e. The summed E-state index contributed by atoms with van der Waals surface area (Å²) in [5, 5.41) is 3.78. The van der Waals surface area contributed by atoms with Crippen LogP contribution in [0.1, 0.15) is 58.3 Å². The monoisotopic (exact) mass is 279 g/mol. The number of fused-ring (bicyclic) bond motifs is 2. The molecule has 0 aliphatic carbocycles. The molecule has 3 unspecified atom stereocenters. The van der Waals surface area contributed by atoms with Crippen molar-refractivity contribution in [3.8, 4) is 0 Å². The molecule has 0 aromatic rings. The summed E-state index contributed by atoms with van der Waals surface area (Å²) in [6, 6.07) is 3.35. The van der Waals surface area contributed by atoms with Crippen molar-refractivity contribution in [2.24, 2.45) is 0 Å². The van der Waals surface area contributed by atoms with E-state index in [0.29, 0.717) is 0 Å². The maximum absolute atomic E-state index is 3.78. The van der Waals surface area contributed by atoms with Crippen molar-refractivity contribution in [2.45, 2.75) is 82.5 Å². The third kappa shape index (κ3) is 3.37. The molecule has 3 aliphatic heterocycles. The maximum atomic E-state index is 3.78. The van der Waals surface area contributed by atoms with Gasteiger partial charge in [-0.05, 0) is 71.6 Å². The van der Waals surface area contributed by atoms with Gasteiger partial charge in [0.15, 0.2) is 0 Å². The number of hydrogen-bond donors (Lipinski definition) is 1. The zero-order valence-corrected chi connectivity index (χ0v) is 13.5. The first kappa shape index (κ1) is 14.8. The molecule has 3 rings (SSSR count). The van der Waals surface area contributed by atoms with E-state index in [0.717, 1.165) is 24.2 Å². The summed E-state index contributed by atoms with van der Waals surface area (Å²) in [5.41, 5.74) is 0. The zero-order valence-electron chi connectivity index (χ0n) is 13.5. The molecule has 20 heavy (non-hydrogen) atoms. The average molecular weight is 279 g/mol. The smallest absolute Gasteiger partial charge is 0.0125 e. The van der Waals surface area contributed by atoms with E-state index >= 15 is 0 Å². The summed E-state index contributed by atoms with van der Waals surface area (Å²) in [7, 11) is 2.32. The van der Waals surface area contributed by atoms with Crippen molar-refractivity contribution in [1.29, 1.82) is 0 Å². The van der Waals surface area contributed by atoms with Crippen LogP contribution in [-0.4, -0.2) is 60.6 Å². The van der Waals surface area contributed by atoms with Gasteiger partial charge in [-0.15, -0.1) is 0 Å². The Bertz CT molecular complexity index is 295. The van der Waals surface area contributed by atoms with Gasteiger partial charge in [0.25, 0.3) is 0 Å². The number of likely N-dealkylation sites (tertiary alicyclic amines) is 1. The molecule has 3 saturated heterocycles. The third-order valence-electron chi connectivity index (χ3n) is 6.04. The molecule has 0 aromatic carbocycles. The summed E-state index contributed by atoms with van der Waals surface area (Å²) in [4.78, 5) is 5.39. The van der Waals surface area contributed by atoms with Crippen LogP contribution in [0.15, 0.2) is 0 Å². The van der Waals surface area contributed by atoms with E-state index in [1.165, 1.54) is 71.0 Å². The van der Waals surface area contributed by atoms with E-state index in [-0.39, 0.29) is 0 Å². The van der Waals surface area contributed by atoms with E-state index < -0.39 is 0 Å². The Morgan fingerprint density at radius 3 is 2.50 bits per heavy atom. The fourth-order valence-corrected chi connectivity index (χ4v) is 4.75. The summed E-state index contributed by atoms with van der Waals surface area (Å²) in [5.74, 6) is 0. The molecule has 0 aromatic heterocycles. The van der Waals surface area contributed by atoms with Crippen molar-refractivity contribution in [3.63, 3.8) is 0 Å². The molecule has 3 atom stereocenters. The Kier molecular flexibility index (Phi) is 5.00. The van der Waals surface area contributed by atoms with Crippen LogP contribution in [-0.2, 0) is 0 Å². The van der Waals surface area contributed by atoms with Gasteiger partial charge in [-0.1, -0.05) is 13.3 Å². The van der Waals surface area contributed by atoms with Gasteiger partial charge < -0.3 is 15.1 Å². The number of nitrogens with one attached hydrogen (secondary N) is 1. The first-order chi connectivity index (χ1) is 9.76. The summed E-state index contributed by atoms with van der Waals surface area (Å²) in [6.45, 7) is 6.22. The Hall–Kier alpha value is -0.120. The second kappa shape index (κ2) is 6.76. The molecular weight excluding hydrogens is 246 g/mol. The SMILES string of the molecule is CCN(CCC1CCCCN1C)C1CC2CCC(C1)N2. The minimum absolute atomic E-state index is 0.824. The highest BCUT2D eigenvalue weighted by atomic mass is 15.2. The van der Waals surface area contributed by atoms with Gasteiger partial charge >= 0.3 is 0 Å². The highest BCUT2D eigenvalue weighted by Gasteiger charge is 2.35. The highest BCUT2D eigenvalue weighted by molar-refractivity contribution is 4.95. The molecule has 3 aliphatic rings. The molecule has 116 valence electrons. The number of piperidine rings is 2. The molecule has 0 amide bonds. The lowest BCUT2D eigenvalue weighted by Gasteiger charge is -2.39. The van der Waals surface area contributed by atoms with Crippen LogP contribution in [0.25, 0.3) is 0 Å². The Balaban J connectivity index is 1.49. The minimum Gasteiger partial charge on any atom is -0.311 e. The quantitative estimate of drug-likeness (QED) is 0.834. The van der Waals surface area contributed by atoms with Crippen LogP contribution in [0.2, 0.25) is 0 Å². The Morgan fingerprint density at radius 1 is 1.10 bits per heavy atom. The van der Waals surface area contributed by atoms with Crippen molar-refractivity contribution >= 4 is 0 Å². The zero-order chi connectivity index (χ0) is 13.9. The molecule has 3 heterocycles. The second-order valence-electron chi connectivity index (χ2n) is 7.31. The highest BCUT2D eigenvalue weighted by Crippen LogP contribution is 2.30. The topological polar surface area (TPSA) is 18.5 Å². The summed E-state index contributed by atoms with van der Waals surface area (Å²) >= 11 is 0. The van der Waals surface area contributed by atoms with E-state index in [4.69, 9.17) is 0 Å². The predicted octanol–water partition coefficient (Wildman–Crippen LogP) is 2.47. The lowest BCUT2D eigenvalue weighted by Crippen LogP contribution is -2.49. The average Bonchev–Trinajstić information content (AvgIpc) is 2.80. The molecule has 2 bridgehead atoms. The molecule has 0 radical (unpaired) electrons. The van der Waals surface area contributed by atoms with E-state index in [1.807, 2.05) is 0 Å². The van der Waals surface area contributed by atoms with Crippen molar-refractivity contribution in [1.82, 2.24) is 15.1 Å². The number of nitrogens with zero attached hydrogens (tertiary/aromatic N) is 2. The minimum atomic E-state index is 0.824. The normalized spacial score (nSPS) is 38.5. The largest absolute Gasteiger partial charge is 0.311 e. The van der Waals surface area contributed by atoms with Crippen LogP contribution in [0.4, 0.5) is 0 Å². The second-order valence-corrected chi connectivity index (χ2v) is 7.31. The molecule has 3 heteroatoms. The van der Waals surface area contributed by atoms with Gasteiger partial charge in [-0.25, -0.2) is 0 Å². The Labute approximate surface area is 125 Å². The molecule has 0 saturated carbocycles. The van der Waals surface area contributed by atoms with Crippen LogP contribution < -0.4 is 5.32 Å². The van der Waals surface area contributed by atoms with E-state index in [2.05, 4.69) is 29.1 Å². The first-order valence-electron chi connectivity index (χ1n) is 8.96. The molecule has 3 nitrogen and oxygen atoms in total. The van der Waals surface area contributed by atoms with Crippen LogP contribution in [0, 0.1) is 0 Å². The third-order valence-corrected chi connectivity index (χ3v) is 6.04. The van der Waals surface area contributed by atoms with Crippen LogP contribution in [0.5, 0.6) is 0 Å². The summed E-state index contributed by atoms with van der Waals surface area (Å²) < 4.78 is 0. The van der Waals surface area contributed by atoms with Gasteiger partial charge in [0, 0.05) is 24.2 Å². The predicted molar refractivity (Wildman–Crippen MR) is 85.1 cm³/mol. The lowest BCUT2D eigenvalue weighted by atomic mass is 9.96. The van der Waals surface area contributed by atoms with E-state index in [1.54, 1.807) is 0 Å². The number of rotatable bonds is 5. The Morgan fingerprint density at radius 2 is 1.85 bits per heavy atom. The van der Waals surface area contributed by atoms with Gasteiger partial charge in [-0.3, -0.25) is 0 Å². The van der Waals surface area contributed by atoms with Crippen molar-refractivity contribution < 1.29 is 0 Å².